The zero-order chi connectivity index (χ0) is 14.5. The molecule has 1 N–H and O–H groups in total. The minimum absolute atomic E-state index is 0.249. The summed E-state index contributed by atoms with van der Waals surface area (Å²) >= 11 is 0. The van der Waals surface area contributed by atoms with Gasteiger partial charge in [0.1, 0.15) is 0 Å². The van der Waals surface area contributed by atoms with E-state index in [0.29, 0.717) is 6.04 Å². The summed E-state index contributed by atoms with van der Waals surface area (Å²) in [5, 5.41) is 4.07. The summed E-state index contributed by atoms with van der Waals surface area (Å²) in [6.07, 6.45) is 17.9. The summed E-state index contributed by atoms with van der Waals surface area (Å²) in [5.74, 6) is 0.939. The molecular formula is C19H35NO. The molecule has 1 saturated heterocycles. The molecule has 2 unspecified atom stereocenters. The first kappa shape index (κ1) is 15.8. The van der Waals surface area contributed by atoms with Crippen LogP contribution in [0.1, 0.15) is 90.4 Å². The maximum absolute atomic E-state index is 6.26. The second kappa shape index (κ2) is 7.46. The first-order chi connectivity index (χ1) is 10.3. The third kappa shape index (κ3) is 4.01. The van der Waals surface area contributed by atoms with Crippen LogP contribution in [0.25, 0.3) is 0 Å². The molecule has 3 fully saturated rings. The molecule has 2 saturated carbocycles. The van der Waals surface area contributed by atoms with E-state index in [1.54, 1.807) is 0 Å². The van der Waals surface area contributed by atoms with Gasteiger partial charge in [0, 0.05) is 18.7 Å². The Morgan fingerprint density at radius 1 is 1.00 bits per heavy atom. The average Bonchev–Trinajstić information content (AvgIpc) is 2.54. The summed E-state index contributed by atoms with van der Waals surface area (Å²) in [6.45, 7) is 3.36. The Morgan fingerprint density at radius 3 is 2.43 bits per heavy atom. The molecule has 2 atom stereocenters. The molecule has 0 bridgehead atoms. The van der Waals surface area contributed by atoms with Crippen molar-refractivity contribution < 1.29 is 4.74 Å². The molecule has 3 rings (SSSR count). The number of hydrogen-bond donors (Lipinski definition) is 1. The van der Waals surface area contributed by atoms with Crippen LogP contribution in [0.2, 0.25) is 0 Å². The van der Waals surface area contributed by atoms with Crippen LogP contribution in [0.15, 0.2) is 0 Å². The van der Waals surface area contributed by atoms with Crippen molar-refractivity contribution in [2.24, 2.45) is 5.92 Å². The minimum atomic E-state index is 0.249. The van der Waals surface area contributed by atoms with Crippen LogP contribution in [0.3, 0.4) is 0 Å². The topological polar surface area (TPSA) is 21.3 Å². The first-order valence-corrected chi connectivity index (χ1v) is 9.71. The summed E-state index contributed by atoms with van der Waals surface area (Å²) in [4.78, 5) is 0. The monoisotopic (exact) mass is 293 g/mol. The van der Waals surface area contributed by atoms with Crippen molar-refractivity contribution >= 4 is 0 Å². The Kier molecular flexibility index (Phi) is 5.61. The van der Waals surface area contributed by atoms with Gasteiger partial charge in [-0.05, 0) is 50.9 Å². The molecule has 0 aromatic heterocycles. The predicted octanol–water partition coefficient (Wildman–Crippen LogP) is 4.82. The highest BCUT2D eigenvalue weighted by Crippen LogP contribution is 2.39. The fraction of sp³-hybridized carbons (Fsp3) is 1.00. The molecule has 1 heterocycles. The van der Waals surface area contributed by atoms with Gasteiger partial charge in [-0.25, -0.2) is 0 Å². The smallest absolute Gasteiger partial charge is 0.0697 e. The zero-order valence-corrected chi connectivity index (χ0v) is 14.0. The summed E-state index contributed by atoms with van der Waals surface area (Å²) < 4.78 is 6.26. The van der Waals surface area contributed by atoms with E-state index in [-0.39, 0.29) is 5.60 Å². The maximum Gasteiger partial charge on any atom is 0.0697 e. The van der Waals surface area contributed by atoms with Crippen LogP contribution in [0.5, 0.6) is 0 Å². The van der Waals surface area contributed by atoms with Crippen LogP contribution in [-0.2, 0) is 4.74 Å². The SMILES string of the molecule is CCC(NC1CCOC2(CCCCC2)C1)C1CCCCC1. The van der Waals surface area contributed by atoms with Crippen LogP contribution < -0.4 is 5.32 Å². The highest BCUT2D eigenvalue weighted by Gasteiger charge is 2.39. The standard InChI is InChI=1S/C19H35NO/c1-2-18(16-9-5-3-6-10-16)20-17-11-14-21-19(15-17)12-7-4-8-13-19/h16-18,20H,2-15H2,1H3. The van der Waals surface area contributed by atoms with Gasteiger partial charge < -0.3 is 10.1 Å². The molecule has 2 heteroatoms. The molecule has 0 aromatic carbocycles. The van der Waals surface area contributed by atoms with E-state index >= 15 is 0 Å². The highest BCUT2D eigenvalue weighted by molar-refractivity contribution is 4.93. The van der Waals surface area contributed by atoms with E-state index in [4.69, 9.17) is 4.74 Å². The lowest BCUT2D eigenvalue weighted by molar-refractivity contribution is -0.110. The predicted molar refractivity (Wildman–Crippen MR) is 88.6 cm³/mol. The van der Waals surface area contributed by atoms with Gasteiger partial charge in [-0.3, -0.25) is 0 Å². The molecular weight excluding hydrogens is 258 g/mol. The highest BCUT2D eigenvalue weighted by atomic mass is 16.5. The second-order valence-corrected chi connectivity index (χ2v) is 7.86. The van der Waals surface area contributed by atoms with Gasteiger partial charge in [0.25, 0.3) is 0 Å². The minimum Gasteiger partial charge on any atom is -0.375 e. The van der Waals surface area contributed by atoms with E-state index < -0.39 is 0 Å². The van der Waals surface area contributed by atoms with E-state index in [1.807, 2.05) is 0 Å². The van der Waals surface area contributed by atoms with Crippen LogP contribution in [0, 0.1) is 5.92 Å². The van der Waals surface area contributed by atoms with E-state index in [2.05, 4.69) is 12.2 Å². The van der Waals surface area contributed by atoms with Crippen LogP contribution in [0.4, 0.5) is 0 Å². The third-order valence-corrected chi connectivity index (χ3v) is 6.37. The van der Waals surface area contributed by atoms with Crippen molar-refractivity contribution in [2.75, 3.05) is 6.61 Å². The first-order valence-electron chi connectivity index (χ1n) is 9.71. The van der Waals surface area contributed by atoms with Gasteiger partial charge in [0.2, 0.25) is 0 Å². The Morgan fingerprint density at radius 2 is 1.71 bits per heavy atom. The zero-order valence-electron chi connectivity index (χ0n) is 14.0. The van der Waals surface area contributed by atoms with Gasteiger partial charge in [-0.15, -0.1) is 0 Å². The molecule has 0 radical (unpaired) electrons. The Labute approximate surface area is 131 Å². The summed E-state index contributed by atoms with van der Waals surface area (Å²) in [7, 11) is 0. The largest absolute Gasteiger partial charge is 0.375 e. The average molecular weight is 293 g/mol. The number of rotatable bonds is 4. The molecule has 2 aliphatic carbocycles. The lowest BCUT2D eigenvalue weighted by atomic mass is 9.77. The van der Waals surface area contributed by atoms with Crippen molar-refractivity contribution in [3.8, 4) is 0 Å². The van der Waals surface area contributed by atoms with Gasteiger partial charge in [-0.1, -0.05) is 45.4 Å². The molecule has 1 spiro atoms. The Hall–Kier alpha value is -0.0800. The molecule has 1 aliphatic heterocycles. The van der Waals surface area contributed by atoms with Crippen LogP contribution >= 0.6 is 0 Å². The molecule has 122 valence electrons. The molecule has 2 nitrogen and oxygen atoms in total. The third-order valence-electron chi connectivity index (χ3n) is 6.37. The quantitative estimate of drug-likeness (QED) is 0.802. The molecule has 0 amide bonds. The molecule has 0 aromatic rings. The van der Waals surface area contributed by atoms with Crippen LogP contribution in [-0.4, -0.2) is 24.3 Å². The number of hydrogen-bond acceptors (Lipinski definition) is 2. The number of ether oxygens (including phenoxy) is 1. The van der Waals surface area contributed by atoms with Crippen molar-refractivity contribution in [3.05, 3.63) is 0 Å². The van der Waals surface area contributed by atoms with E-state index in [0.717, 1.165) is 18.6 Å². The van der Waals surface area contributed by atoms with Gasteiger partial charge in [-0.2, -0.15) is 0 Å². The van der Waals surface area contributed by atoms with Gasteiger partial charge >= 0.3 is 0 Å². The molecule has 21 heavy (non-hydrogen) atoms. The van der Waals surface area contributed by atoms with E-state index in [1.165, 1.54) is 83.5 Å². The lowest BCUT2D eigenvalue weighted by Gasteiger charge is -2.45. The van der Waals surface area contributed by atoms with Gasteiger partial charge in [0.05, 0.1) is 5.60 Å². The fourth-order valence-corrected chi connectivity index (χ4v) is 5.14. The second-order valence-electron chi connectivity index (χ2n) is 7.86. The van der Waals surface area contributed by atoms with Crippen molar-refractivity contribution in [1.29, 1.82) is 0 Å². The Balaban J connectivity index is 1.55. The van der Waals surface area contributed by atoms with Gasteiger partial charge in [0.15, 0.2) is 0 Å². The fourth-order valence-electron chi connectivity index (χ4n) is 5.14. The normalized spacial score (nSPS) is 32.1. The summed E-state index contributed by atoms with van der Waals surface area (Å²) in [5.41, 5.74) is 0.249. The summed E-state index contributed by atoms with van der Waals surface area (Å²) in [6, 6.07) is 1.47. The van der Waals surface area contributed by atoms with Crippen molar-refractivity contribution in [3.63, 3.8) is 0 Å². The Bertz CT molecular complexity index is 299. The lowest BCUT2D eigenvalue weighted by Crippen LogP contribution is -2.52. The van der Waals surface area contributed by atoms with E-state index in [9.17, 15) is 0 Å². The van der Waals surface area contributed by atoms with Crippen molar-refractivity contribution in [2.45, 2.75) is 108 Å². The number of nitrogens with one attached hydrogen (secondary N) is 1. The van der Waals surface area contributed by atoms with Crippen molar-refractivity contribution in [1.82, 2.24) is 5.32 Å². The molecule has 3 aliphatic rings. The maximum atomic E-state index is 6.26.